The van der Waals surface area contributed by atoms with Gasteiger partial charge in [0, 0.05) is 11.8 Å². The molecule has 3 unspecified atom stereocenters. The van der Waals surface area contributed by atoms with Crippen LogP contribution in [0.2, 0.25) is 0 Å². The zero-order valence-electron chi connectivity index (χ0n) is 21.0. The number of aliphatic hydroxyl groups is 1. The van der Waals surface area contributed by atoms with Crippen LogP contribution in [0, 0.1) is 34.5 Å². The Hall–Kier alpha value is -2.83. The standard InChI is InChI=1S/C29H30F3NO4S/c1-3-20-16-27(2)25(24-11-7-21-14-19(17-33)6-10-23(21)26(20)24)12-13-28(27,34)15-18-4-8-22(9-5-18)37-38(35,36)29(30,31)32/h3-6,8-10,14,20,24-26,34H,1,7,11-13,15-16H2,2H3/t20-,24?,25?,26?,27-,28+/m0/s1. The number of rotatable bonds is 5. The number of alkyl halides is 3. The Morgan fingerprint density at radius 1 is 1.21 bits per heavy atom. The molecule has 3 aliphatic carbocycles. The number of aryl methyl sites for hydroxylation is 1. The maximum absolute atomic E-state index is 12.6. The number of allylic oxidation sites excluding steroid dienone is 1. The number of hydrogen-bond acceptors (Lipinski definition) is 5. The van der Waals surface area contributed by atoms with Gasteiger partial charge in [-0.1, -0.05) is 31.2 Å². The first-order chi connectivity index (χ1) is 17.8. The van der Waals surface area contributed by atoms with Crippen molar-refractivity contribution in [1.82, 2.24) is 0 Å². The minimum atomic E-state index is -5.74. The van der Waals surface area contributed by atoms with Crippen LogP contribution in [0.25, 0.3) is 0 Å². The second-order valence-corrected chi connectivity index (χ2v) is 12.8. The molecule has 38 heavy (non-hydrogen) atoms. The van der Waals surface area contributed by atoms with Gasteiger partial charge in [-0.25, -0.2) is 0 Å². The van der Waals surface area contributed by atoms with E-state index in [9.17, 15) is 32.0 Å². The van der Waals surface area contributed by atoms with Gasteiger partial charge in [0.25, 0.3) is 0 Å². The van der Waals surface area contributed by atoms with Crippen LogP contribution in [0.4, 0.5) is 13.2 Å². The van der Waals surface area contributed by atoms with Gasteiger partial charge in [-0.05, 0) is 96.7 Å². The maximum Gasteiger partial charge on any atom is 0.534 e. The number of halogens is 3. The molecule has 2 fully saturated rings. The summed E-state index contributed by atoms with van der Waals surface area (Å²) in [6.45, 7) is 6.29. The molecule has 1 N–H and O–H groups in total. The van der Waals surface area contributed by atoms with Gasteiger partial charge >= 0.3 is 15.6 Å². The Labute approximate surface area is 221 Å². The first-order valence-corrected chi connectivity index (χ1v) is 14.2. The number of nitrogens with zero attached hydrogens (tertiary/aromatic N) is 1. The van der Waals surface area contributed by atoms with Gasteiger partial charge in [-0.3, -0.25) is 0 Å². The molecule has 9 heteroatoms. The van der Waals surface area contributed by atoms with Crippen molar-refractivity contribution >= 4 is 10.1 Å². The van der Waals surface area contributed by atoms with Gasteiger partial charge in [0.05, 0.1) is 17.2 Å². The predicted molar refractivity (Wildman–Crippen MR) is 136 cm³/mol. The number of hydrogen-bond donors (Lipinski definition) is 1. The molecular weight excluding hydrogens is 515 g/mol. The molecule has 2 saturated carbocycles. The fraction of sp³-hybridized carbons (Fsp3) is 0.483. The van der Waals surface area contributed by atoms with Crippen LogP contribution >= 0.6 is 0 Å². The SMILES string of the molecule is C=C[C@H]1C[C@@]2(C)C(CC[C@@]2(O)Cc2ccc(OS(=O)(=O)C(F)(F)F)cc2)C2CCc3cc(C#N)ccc3C21. The third-order valence-electron chi connectivity index (χ3n) is 9.44. The third kappa shape index (κ3) is 4.22. The zero-order chi connectivity index (χ0) is 27.5. The first kappa shape index (κ1) is 26.8. The topological polar surface area (TPSA) is 87.4 Å². The molecule has 0 spiro atoms. The van der Waals surface area contributed by atoms with Crippen molar-refractivity contribution in [2.45, 2.75) is 62.5 Å². The van der Waals surface area contributed by atoms with E-state index in [1.165, 1.54) is 35.4 Å². The molecule has 6 atom stereocenters. The van der Waals surface area contributed by atoms with Crippen LogP contribution in [0.5, 0.6) is 5.75 Å². The Morgan fingerprint density at radius 2 is 1.92 bits per heavy atom. The molecule has 0 radical (unpaired) electrons. The Kier molecular flexibility index (Phi) is 6.43. The van der Waals surface area contributed by atoms with Crippen molar-refractivity contribution < 1.29 is 30.9 Å². The van der Waals surface area contributed by atoms with E-state index in [2.05, 4.69) is 29.8 Å². The highest BCUT2D eigenvalue weighted by Crippen LogP contribution is 2.66. The summed E-state index contributed by atoms with van der Waals surface area (Å²) in [6.07, 6.45) is 6.39. The summed E-state index contributed by atoms with van der Waals surface area (Å²) in [5.41, 5.74) is -3.06. The predicted octanol–water partition coefficient (Wildman–Crippen LogP) is 6.03. The maximum atomic E-state index is 12.6. The highest BCUT2D eigenvalue weighted by molar-refractivity contribution is 7.88. The third-order valence-corrected chi connectivity index (χ3v) is 10.4. The van der Waals surface area contributed by atoms with Gasteiger partial charge in [-0.15, -0.1) is 6.58 Å². The Balaban J connectivity index is 1.39. The lowest BCUT2D eigenvalue weighted by atomic mass is 9.49. The average Bonchev–Trinajstić information content (AvgIpc) is 3.13. The minimum absolute atomic E-state index is 0.154. The van der Waals surface area contributed by atoms with E-state index in [4.69, 9.17) is 0 Å². The molecule has 0 aromatic heterocycles. The zero-order valence-corrected chi connectivity index (χ0v) is 21.9. The number of benzene rings is 2. The summed E-state index contributed by atoms with van der Waals surface area (Å²) in [6, 6.07) is 13.6. The van der Waals surface area contributed by atoms with Crippen LogP contribution in [0.1, 0.15) is 60.8 Å². The number of fused-ring (bicyclic) bond motifs is 5. The molecular formula is C29H30F3NO4S. The molecule has 0 saturated heterocycles. The van der Waals surface area contributed by atoms with Crippen molar-refractivity contribution in [2.75, 3.05) is 0 Å². The molecule has 0 heterocycles. The second-order valence-electron chi connectivity index (χ2n) is 11.3. The lowest BCUT2D eigenvalue weighted by Crippen LogP contribution is -2.54. The van der Waals surface area contributed by atoms with Crippen molar-refractivity contribution in [3.05, 3.63) is 77.4 Å². The van der Waals surface area contributed by atoms with Crippen molar-refractivity contribution in [1.29, 1.82) is 5.26 Å². The molecule has 202 valence electrons. The van der Waals surface area contributed by atoms with Gasteiger partial charge in [-0.2, -0.15) is 26.9 Å². The highest BCUT2D eigenvalue weighted by Gasteiger charge is 2.63. The van der Waals surface area contributed by atoms with Gasteiger partial charge < -0.3 is 9.29 Å². The van der Waals surface area contributed by atoms with E-state index in [-0.39, 0.29) is 17.8 Å². The van der Waals surface area contributed by atoms with E-state index in [1.807, 2.05) is 18.2 Å². The fourth-order valence-electron chi connectivity index (χ4n) is 7.63. The normalized spacial score (nSPS) is 32.4. The summed E-state index contributed by atoms with van der Waals surface area (Å²) in [5.74, 6) is 0.672. The van der Waals surface area contributed by atoms with E-state index in [1.54, 1.807) is 0 Å². The van der Waals surface area contributed by atoms with E-state index in [0.29, 0.717) is 29.9 Å². The summed E-state index contributed by atoms with van der Waals surface area (Å²) >= 11 is 0. The van der Waals surface area contributed by atoms with E-state index < -0.39 is 32.4 Å². The lowest BCUT2D eigenvalue weighted by molar-refractivity contribution is -0.111. The van der Waals surface area contributed by atoms with Crippen molar-refractivity contribution in [2.24, 2.45) is 23.2 Å². The number of nitriles is 1. The molecule has 3 aliphatic rings. The van der Waals surface area contributed by atoms with Crippen LogP contribution in [-0.4, -0.2) is 24.6 Å². The Morgan fingerprint density at radius 3 is 2.55 bits per heavy atom. The van der Waals surface area contributed by atoms with E-state index in [0.717, 1.165) is 25.7 Å². The quantitative estimate of drug-likeness (QED) is 0.282. The first-order valence-electron chi connectivity index (χ1n) is 12.8. The molecule has 5 nitrogen and oxygen atoms in total. The van der Waals surface area contributed by atoms with Gasteiger partial charge in [0.2, 0.25) is 0 Å². The smallest absolute Gasteiger partial charge is 0.389 e. The monoisotopic (exact) mass is 545 g/mol. The summed E-state index contributed by atoms with van der Waals surface area (Å²) in [7, 11) is -5.74. The molecule has 2 aromatic rings. The van der Waals surface area contributed by atoms with Crippen LogP contribution in [-0.2, 0) is 23.0 Å². The largest absolute Gasteiger partial charge is 0.534 e. The lowest BCUT2D eigenvalue weighted by Gasteiger charge is -2.56. The van der Waals surface area contributed by atoms with E-state index >= 15 is 0 Å². The Bertz CT molecular complexity index is 1400. The molecule has 0 aliphatic heterocycles. The minimum Gasteiger partial charge on any atom is -0.389 e. The van der Waals surface area contributed by atoms with Crippen molar-refractivity contribution in [3.8, 4) is 11.8 Å². The molecule has 0 bridgehead atoms. The second kappa shape index (κ2) is 9.13. The highest BCUT2D eigenvalue weighted by atomic mass is 32.2. The molecule has 2 aromatic carbocycles. The van der Waals surface area contributed by atoms with Crippen LogP contribution in [0.15, 0.2) is 55.1 Å². The fourth-order valence-corrected chi connectivity index (χ4v) is 8.09. The summed E-state index contributed by atoms with van der Waals surface area (Å²) in [4.78, 5) is 0. The molecule has 0 amide bonds. The summed E-state index contributed by atoms with van der Waals surface area (Å²) < 4.78 is 64.8. The van der Waals surface area contributed by atoms with Crippen molar-refractivity contribution in [3.63, 3.8) is 0 Å². The van der Waals surface area contributed by atoms with Gasteiger partial charge in [0.15, 0.2) is 0 Å². The molecule has 5 rings (SSSR count). The average molecular weight is 546 g/mol. The van der Waals surface area contributed by atoms with Crippen LogP contribution in [0.3, 0.4) is 0 Å². The van der Waals surface area contributed by atoms with Crippen LogP contribution < -0.4 is 4.18 Å². The summed E-state index contributed by atoms with van der Waals surface area (Å²) in [5, 5.41) is 21.4. The van der Waals surface area contributed by atoms with Gasteiger partial charge in [0.1, 0.15) is 5.75 Å².